The number of nitrogens with zero attached hydrogens (tertiary/aromatic N) is 2. The van der Waals surface area contributed by atoms with Crippen molar-refractivity contribution >= 4 is 29.0 Å². The molecule has 0 bridgehead atoms. The number of ether oxygens (including phenoxy) is 1. The predicted molar refractivity (Wildman–Crippen MR) is 68.5 cm³/mol. The third-order valence-corrected chi connectivity index (χ3v) is 2.61. The highest BCUT2D eigenvalue weighted by Crippen LogP contribution is 2.34. The maximum absolute atomic E-state index is 5.94. The summed E-state index contributed by atoms with van der Waals surface area (Å²) in [7, 11) is 1.56. The van der Waals surface area contributed by atoms with Crippen LogP contribution in [0.4, 0.5) is 5.82 Å². The molecule has 0 radical (unpaired) electrons. The highest BCUT2D eigenvalue weighted by atomic mass is 35.5. The third-order valence-electron chi connectivity index (χ3n) is 2.19. The molecule has 0 amide bonds. The van der Waals surface area contributed by atoms with Gasteiger partial charge in [0.1, 0.15) is 22.4 Å². The van der Waals surface area contributed by atoms with Crippen LogP contribution in [0, 0.1) is 0 Å². The average molecular weight is 270 g/mol. The molecule has 0 saturated carbocycles. The summed E-state index contributed by atoms with van der Waals surface area (Å²) >= 11 is 11.7. The number of aromatic nitrogens is 2. The number of halogens is 2. The summed E-state index contributed by atoms with van der Waals surface area (Å²) in [5, 5.41) is 0.818. The maximum atomic E-state index is 5.94. The molecule has 88 valence electrons. The standard InChI is InChI=1S/C11H9Cl2N3O/c1-17-8-3-2-6(12)4-7(8)10-11(14)15-5-9(13)16-10/h2-5H,1H3,(H2,14,15). The number of anilines is 1. The van der Waals surface area contributed by atoms with Crippen LogP contribution in [0.3, 0.4) is 0 Å². The molecular formula is C11H9Cl2N3O. The molecule has 1 aromatic heterocycles. The zero-order valence-corrected chi connectivity index (χ0v) is 10.5. The lowest BCUT2D eigenvalue weighted by Gasteiger charge is -2.09. The SMILES string of the molecule is COc1ccc(Cl)cc1-c1nc(Cl)cnc1N. The molecule has 0 atom stereocenters. The molecule has 4 nitrogen and oxygen atoms in total. The lowest BCUT2D eigenvalue weighted by Crippen LogP contribution is -1.98. The van der Waals surface area contributed by atoms with Gasteiger partial charge in [-0.25, -0.2) is 9.97 Å². The molecule has 2 N–H and O–H groups in total. The Labute approximate surface area is 108 Å². The van der Waals surface area contributed by atoms with Gasteiger partial charge in [-0.1, -0.05) is 23.2 Å². The minimum absolute atomic E-state index is 0.260. The number of benzene rings is 1. The summed E-state index contributed by atoms with van der Waals surface area (Å²) in [4.78, 5) is 8.08. The minimum atomic E-state index is 0.260. The van der Waals surface area contributed by atoms with Crippen molar-refractivity contribution < 1.29 is 4.74 Å². The first kappa shape index (κ1) is 12.0. The van der Waals surface area contributed by atoms with Gasteiger partial charge >= 0.3 is 0 Å². The van der Waals surface area contributed by atoms with Crippen molar-refractivity contribution in [3.63, 3.8) is 0 Å². The first-order chi connectivity index (χ1) is 8.11. The Kier molecular flexibility index (Phi) is 3.36. The molecule has 0 aliphatic rings. The smallest absolute Gasteiger partial charge is 0.150 e. The quantitative estimate of drug-likeness (QED) is 0.911. The normalized spacial score (nSPS) is 10.3. The molecule has 0 aliphatic heterocycles. The van der Waals surface area contributed by atoms with Gasteiger partial charge in [-0.15, -0.1) is 0 Å². The van der Waals surface area contributed by atoms with Crippen LogP contribution in [0.15, 0.2) is 24.4 Å². The number of nitrogens with two attached hydrogens (primary N) is 1. The third kappa shape index (κ3) is 2.43. The molecule has 2 rings (SSSR count). The zero-order chi connectivity index (χ0) is 12.4. The fourth-order valence-electron chi connectivity index (χ4n) is 1.44. The number of rotatable bonds is 2. The van der Waals surface area contributed by atoms with E-state index in [4.69, 9.17) is 33.7 Å². The fraction of sp³-hybridized carbons (Fsp3) is 0.0909. The summed E-state index contributed by atoms with van der Waals surface area (Å²) < 4.78 is 5.22. The van der Waals surface area contributed by atoms with Gasteiger partial charge in [0, 0.05) is 10.6 Å². The monoisotopic (exact) mass is 269 g/mol. The van der Waals surface area contributed by atoms with Gasteiger partial charge < -0.3 is 10.5 Å². The van der Waals surface area contributed by atoms with E-state index in [1.165, 1.54) is 6.20 Å². The Hall–Kier alpha value is -1.52. The molecule has 0 saturated heterocycles. The van der Waals surface area contributed by atoms with Crippen molar-refractivity contribution in [3.8, 4) is 17.0 Å². The van der Waals surface area contributed by atoms with Crippen molar-refractivity contribution in [3.05, 3.63) is 34.6 Å². The maximum Gasteiger partial charge on any atom is 0.150 e. The van der Waals surface area contributed by atoms with E-state index in [-0.39, 0.29) is 11.0 Å². The minimum Gasteiger partial charge on any atom is -0.496 e. The van der Waals surface area contributed by atoms with E-state index in [0.717, 1.165) is 0 Å². The van der Waals surface area contributed by atoms with Crippen molar-refractivity contribution in [1.29, 1.82) is 0 Å². The molecule has 6 heteroatoms. The second-order valence-corrected chi connectivity index (χ2v) is 4.09. The first-order valence-corrected chi connectivity index (χ1v) is 5.49. The van der Waals surface area contributed by atoms with E-state index >= 15 is 0 Å². The van der Waals surface area contributed by atoms with Crippen LogP contribution in [0.5, 0.6) is 5.75 Å². The average Bonchev–Trinajstić information content (AvgIpc) is 2.32. The number of nitrogen functional groups attached to an aromatic ring is 1. The Balaban J connectivity index is 2.66. The van der Waals surface area contributed by atoms with Gasteiger partial charge in [-0.2, -0.15) is 0 Å². The Morgan fingerprint density at radius 3 is 2.76 bits per heavy atom. The molecule has 0 spiro atoms. The van der Waals surface area contributed by atoms with Gasteiger partial charge in [0.2, 0.25) is 0 Å². The van der Waals surface area contributed by atoms with Gasteiger partial charge in [0.15, 0.2) is 0 Å². The molecule has 0 fully saturated rings. The first-order valence-electron chi connectivity index (χ1n) is 4.73. The van der Waals surface area contributed by atoms with Gasteiger partial charge in [-0.05, 0) is 18.2 Å². The zero-order valence-electron chi connectivity index (χ0n) is 8.95. The van der Waals surface area contributed by atoms with E-state index < -0.39 is 0 Å². The molecule has 0 unspecified atom stereocenters. The van der Waals surface area contributed by atoms with E-state index in [1.54, 1.807) is 25.3 Å². The van der Waals surface area contributed by atoms with Crippen LogP contribution in [0.25, 0.3) is 11.3 Å². The van der Waals surface area contributed by atoms with Crippen LogP contribution in [0.2, 0.25) is 10.2 Å². The molecule has 1 heterocycles. The summed E-state index contributed by atoms with van der Waals surface area (Å²) in [6.45, 7) is 0. The van der Waals surface area contributed by atoms with E-state index in [9.17, 15) is 0 Å². The van der Waals surface area contributed by atoms with Crippen LogP contribution in [-0.4, -0.2) is 17.1 Å². The predicted octanol–water partition coefficient (Wildman–Crippen LogP) is 3.04. The van der Waals surface area contributed by atoms with Crippen LogP contribution in [-0.2, 0) is 0 Å². The van der Waals surface area contributed by atoms with Gasteiger partial charge in [-0.3, -0.25) is 0 Å². The number of hydrogen-bond donors (Lipinski definition) is 1. The lowest BCUT2D eigenvalue weighted by atomic mass is 10.1. The highest BCUT2D eigenvalue weighted by Gasteiger charge is 2.12. The fourth-order valence-corrected chi connectivity index (χ4v) is 1.75. The van der Waals surface area contributed by atoms with Crippen LogP contribution >= 0.6 is 23.2 Å². The Bertz CT molecular complexity index is 560. The molecule has 1 aromatic carbocycles. The van der Waals surface area contributed by atoms with Crippen molar-refractivity contribution in [2.45, 2.75) is 0 Å². The van der Waals surface area contributed by atoms with E-state index in [1.807, 2.05) is 0 Å². The second kappa shape index (κ2) is 4.77. The Morgan fingerprint density at radius 2 is 2.06 bits per heavy atom. The molecule has 0 aliphatic carbocycles. The summed E-state index contributed by atoms with van der Waals surface area (Å²) in [5.74, 6) is 0.882. The van der Waals surface area contributed by atoms with Crippen LogP contribution < -0.4 is 10.5 Å². The summed E-state index contributed by atoms with van der Waals surface area (Å²) in [6, 6.07) is 5.16. The second-order valence-electron chi connectivity index (χ2n) is 3.27. The van der Waals surface area contributed by atoms with Gasteiger partial charge in [0.05, 0.1) is 13.3 Å². The topological polar surface area (TPSA) is 61.0 Å². The van der Waals surface area contributed by atoms with Gasteiger partial charge in [0.25, 0.3) is 0 Å². The van der Waals surface area contributed by atoms with Crippen LogP contribution in [0.1, 0.15) is 0 Å². The van der Waals surface area contributed by atoms with Crippen molar-refractivity contribution in [1.82, 2.24) is 9.97 Å². The molecule has 17 heavy (non-hydrogen) atoms. The Morgan fingerprint density at radius 1 is 1.29 bits per heavy atom. The molecular weight excluding hydrogens is 261 g/mol. The van der Waals surface area contributed by atoms with Crippen molar-refractivity contribution in [2.75, 3.05) is 12.8 Å². The lowest BCUT2D eigenvalue weighted by molar-refractivity contribution is 0.416. The summed E-state index contributed by atoms with van der Waals surface area (Å²) in [6.07, 6.45) is 1.39. The number of methoxy groups -OCH3 is 1. The van der Waals surface area contributed by atoms with E-state index in [2.05, 4.69) is 9.97 Å². The summed E-state index contributed by atoms with van der Waals surface area (Å²) in [5.41, 5.74) is 6.88. The highest BCUT2D eigenvalue weighted by molar-refractivity contribution is 6.31. The van der Waals surface area contributed by atoms with Crippen molar-refractivity contribution in [2.24, 2.45) is 0 Å². The molecule has 2 aromatic rings. The van der Waals surface area contributed by atoms with E-state index in [0.29, 0.717) is 22.0 Å². The number of hydrogen-bond acceptors (Lipinski definition) is 4. The largest absolute Gasteiger partial charge is 0.496 e.